The predicted octanol–water partition coefficient (Wildman–Crippen LogP) is 3.77. The lowest BCUT2D eigenvalue weighted by Gasteiger charge is -2.27. The second-order valence-corrected chi connectivity index (χ2v) is 9.15. The molecule has 0 spiro atoms. The molecule has 2 aromatic carbocycles. The number of nitrogens with zero attached hydrogens (tertiary/aromatic N) is 3. The van der Waals surface area contributed by atoms with Crippen LogP contribution in [-0.4, -0.2) is 41.1 Å². The number of carbonyl (C=O) groups is 1. The number of sulfonamides is 1. The number of fused-ring (bicyclic) bond motifs is 1. The fourth-order valence-corrected chi connectivity index (χ4v) is 5.26. The third-order valence-corrected chi connectivity index (χ3v) is 6.81. The van der Waals surface area contributed by atoms with Gasteiger partial charge in [-0.3, -0.25) is 9.52 Å². The number of hydrogen-bond donors (Lipinski definition) is 1. The molecule has 146 valence electrons. The van der Waals surface area contributed by atoms with Gasteiger partial charge in [0.05, 0.1) is 23.0 Å². The number of piperidine rings is 1. The number of anilines is 1. The van der Waals surface area contributed by atoms with Crippen molar-refractivity contribution in [3.05, 3.63) is 47.0 Å². The first-order valence-electron chi connectivity index (χ1n) is 8.79. The molecule has 0 bridgehead atoms. The van der Waals surface area contributed by atoms with Crippen LogP contribution in [0.2, 0.25) is 5.02 Å². The Hall–Kier alpha value is -2.23. The van der Waals surface area contributed by atoms with E-state index in [1.165, 1.54) is 12.1 Å². The maximum absolute atomic E-state index is 13.0. The minimum absolute atomic E-state index is 0.00935. The molecular weight excluding hydrogens is 420 g/mol. The zero-order chi connectivity index (χ0) is 19.7. The zero-order valence-corrected chi connectivity index (χ0v) is 17.1. The lowest BCUT2D eigenvalue weighted by molar-refractivity contribution is 0.0725. The smallest absolute Gasteiger partial charge is 0.264 e. The maximum Gasteiger partial charge on any atom is 0.264 e. The second kappa shape index (κ2) is 7.65. The summed E-state index contributed by atoms with van der Waals surface area (Å²) in [6.45, 7) is 1.33. The molecule has 0 atom stereocenters. The van der Waals surface area contributed by atoms with Crippen LogP contribution in [0.5, 0.6) is 0 Å². The van der Waals surface area contributed by atoms with Gasteiger partial charge in [0.2, 0.25) is 0 Å². The molecule has 28 heavy (non-hydrogen) atoms. The molecule has 10 heteroatoms. The van der Waals surface area contributed by atoms with Gasteiger partial charge in [-0.15, -0.1) is 0 Å². The van der Waals surface area contributed by atoms with E-state index in [1.54, 1.807) is 29.2 Å². The van der Waals surface area contributed by atoms with Crippen LogP contribution < -0.4 is 4.72 Å². The molecule has 4 rings (SSSR count). The summed E-state index contributed by atoms with van der Waals surface area (Å²) in [5, 5.41) is 0.335. The Morgan fingerprint density at radius 2 is 1.89 bits per heavy atom. The molecule has 0 saturated carbocycles. The van der Waals surface area contributed by atoms with E-state index in [4.69, 9.17) is 11.6 Å². The number of rotatable bonds is 4. The highest BCUT2D eigenvalue weighted by molar-refractivity contribution is 7.93. The first-order chi connectivity index (χ1) is 13.5. The summed E-state index contributed by atoms with van der Waals surface area (Å²) in [5.41, 5.74) is 1.23. The van der Waals surface area contributed by atoms with Gasteiger partial charge in [-0.25, -0.2) is 8.42 Å². The summed E-state index contributed by atoms with van der Waals surface area (Å²) in [7, 11) is -3.99. The lowest BCUT2D eigenvalue weighted by Crippen LogP contribution is -2.36. The van der Waals surface area contributed by atoms with Crippen molar-refractivity contribution in [2.24, 2.45) is 0 Å². The van der Waals surface area contributed by atoms with Gasteiger partial charge in [0.25, 0.3) is 15.9 Å². The fraction of sp³-hybridized carbons (Fsp3) is 0.278. The van der Waals surface area contributed by atoms with Crippen LogP contribution in [0.1, 0.15) is 29.6 Å². The molecule has 1 aliphatic heterocycles. The Labute approximate surface area is 171 Å². The van der Waals surface area contributed by atoms with E-state index in [0.717, 1.165) is 31.0 Å². The van der Waals surface area contributed by atoms with Crippen molar-refractivity contribution in [1.82, 2.24) is 13.6 Å². The van der Waals surface area contributed by atoms with Crippen LogP contribution in [0.15, 0.2) is 41.3 Å². The average molecular weight is 437 g/mol. The summed E-state index contributed by atoms with van der Waals surface area (Å²) < 4.78 is 36.8. The molecule has 1 fully saturated rings. The predicted molar refractivity (Wildman–Crippen MR) is 109 cm³/mol. The molecule has 1 amide bonds. The Kier molecular flexibility index (Phi) is 5.22. The van der Waals surface area contributed by atoms with E-state index in [0.29, 0.717) is 29.1 Å². The summed E-state index contributed by atoms with van der Waals surface area (Å²) in [6.07, 6.45) is 2.98. The van der Waals surface area contributed by atoms with Gasteiger partial charge in [0.15, 0.2) is 0 Å². The van der Waals surface area contributed by atoms with Gasteiger partial charge in [0.1, 0.15) is 15.9 Å². The van der Waals surface area contributed by atoms with Crippen molar-refractivity contribution in [2.45, 2.75) is 24.2 Å². The quantitative estimate of drug-likeness (QED) is 0.672. The molecular formula is C18H17ClN4O3S2. The molecule has 1 aliphatic rings. The van der Waals surface area contributed by atoms with E-state index in [9.17, 15) is 13.2 Å². The first-order valence-corrected chi connectivity index (χ1v) is 11.4. The number of nitrogens with one attached hydrogen (secondary N) is 1. The number of carbonyl (C=O) groups excluding carboxylic acids is 1. The standard InChI is InChI=1S/C18H17ClN4O3S2/c19-12-7-8-13(18(24)23-9-2-1-3-10-23)15(11-12)22-28(25,26)16-6-4-5-14-17(16)21-27-20-14/h4-8,11,22H,1-3,9-10H2. The second-order valence-electron chi connectivity index (χ2n) is 6.54. The van der Waals surface area contributed by atoms with Crippen LogP contribution in [-0.2, 0) is 10.0 Å². The van der Waals surface area contributed by atoms with E-state index < -0.39 is 10.0 Å². The van der Waals surface area contributed by atoms with E-state index in [2.05, 4.69) is 13.5 Å². The maximum atomic E-state index is 13.0. The summed E-state index contributed by atoms with van der Waals surface area (Å²) in [6, 6.07) is 9.36. The van der Waals surface area contributed by atoms with Crippen molar-refractivity contribution in [3.8, 4) is 0 Å². The summed E-state index contributed by atoms with van der Waals surface area (Å²) >= 11 is 7.02. The number of amides is 1. The number of hydrogen-bond acceptors (Lipinski definition) is 6. The highest BCUT2D eigenvalue weighted by Gasteiger charge is 2.25. The molecule has 3 aromatic rings. The molecule has 7 nitrogen and oxygen atoms in total. The molecule has 1 saturated heterocycles. The van der Waals surface area contributed by atoms with Crippen LogP contribution in [0.3, 0.4) is 0 Å². The van der Waals surface area contributed by atoms with Gasteiger partial charge in [-0.1, -0.05) is 17.7 Å². The third-order valence-electron chi connectivity index (χ3n) is 4.64. The van der Waals surface area contributed by atoms with Crippen LogP contribution in [0, 0.1) is 0 Å². The van der Waals surface area contributed by atoms with Gasteiger partial charge in [0, 0.05) is 18.1 Å². The number of halogens is 1. The number of likely N-dealkylation sites (tertiary alicyclic amines) is 1. The van der Waals surface area contributed by atoms with Crippen LogP contribution in [0.25, 0.3) is 11.0 Å². The van der Waals surface area contributed by atoms with Gasteiger partial charge >= 0.3 is 0 Å². The largest absolute Gasteiger partial charge is 0.339 e. The molecule has 0 radical (unpaired) electrons. The van der Waals surface area contributed by atoms with E-state index in [1.807, 2.05) is 0 Å². The zero-order valence-electron chi connectivity index (χ0n) is 14.8. The summed E-state index contributed by atoms with van der Waals surface area (Å²) in [5.74, 6) is -0.206. The first kappa shape index (κ1) is 19.1. The SMILES string of the molecule is O=C(c1ccc(Cl)cc1NS(=O)(=O)c1cccc2nsnc12)N1CCCCC1. The number of aromatic nitrogens is 2. The molecule has 1 N–H and O–H groups in total. The van der Waals surface area contributed by atoms with Crippen LogP contribution in [0.4, 0.5) is 5.69 Å². The highest BCUT2D eigenvalue weighted by atomic mass is 35.5. The monoisotopic (exact) mass is 436 g/mol. The topological polar surface area (TPSA) is 92.3 Å². The molecule has 0 aliphatic carbocycles. The Bertz CT molecular complexity index is 1140. The van der Waals surface area contributed by atoms with Gasteiger partial charge in [-0.2, -0.15) is 8.75 Å². The molecule has 1 aromatic heterocycles. The Morgan fingerprint density at radius 3 is 2.68 bits per heavy atom. The van der Waals surface area contributed by atoms with E-state index >= 15 is 0 Å². The lowest BCUT2D eigenvalue weighted by atomic mass is 10.1. The van der Waals surface area contributed by atoms with Gasteiger partial charge < -0.3 is 4.90 Å². The van der Waals surface area contributed by atoms with Crippen molar-refractivity contribution < 1.29 is 13.2 Å². The highest BCUT2D eigenvalue weighted by Crippen LogP contribution is 2.28. The van der Waals surface area contributed by atoms with E-state index in [-0.39, 0.29) is 22.1 Å². The Morgan fingerprint density at radius 1 is 1.11 bits per heavy atom. The minimum atomic E-state index is -3.99. The third kappa shape index (κ3) is 3.69. The Balaban J connectivity index is 1.72. The molecule has 2 heterocycles. The van der Waals surface area contributed by atoms with Crippen molar-refractivity contribution in [1.29, 1.82) is 0 Å². The van der Waals surface area contributed by atoms with Gasteiger partial charge in [-0.05, 0) is 49.6 Å². The number of benzene rings is 2. The van der Waals surface area contributed by atoms with Crippen molar-refractivity contribution in [3.63, 3.8) is 0 Å². The minimum Gasteiger partial charge on any atom is -0.339 e. The fourth-order valence-electron chi connectivity index (χ4n) is 3.25. The van der Waals surface area contributed by atoms with Crippen molar-refractivity contribution >= 4 is 56.0 Å². The van der Waals surface area contributed by atoms with Crippen molar-refractivity contribution in [2.75, 3.05) is 17.8 Å². The molecule has 0 unspecified atom stereocenters. The van der Waals surface area contributed by atoms with Crippen LogP contribution >= 0.6 is 23.3 Å². The summed E-state index contributed by atoms with van der Waals surface area (Å²) in [4.78, 5) is 14.7. The average Bonchev–Trinajstić information content (AvgIpc) is 3.16. The normalized spacial score (nSPS) is 15.0.